The number of nitrogens with one attached hydrogen (secondary N) is 3. The molecule has 1 aliphatic heterocycles. The van der Waals surface area contributed by atoms with Crippen LogP contribution in [0.3, 0.4) is 0 Å². The minimum Gasteiger partial charge on any atom is -0.365 e. The first-order chi connectivity index (χ1) is 13.6. The van der Waals surface area contributed by atoms with Gasteiger partial charge in [0.15, 0.2) is 5.96 Å². The Hall–Kier alpha value is -2.64. The van der Waals surface area contributed by atoms with Gasteiger partial charge < -0.3 is 15.5 Å². The van der Waals surface area contributed by atoms with Gasteiger partial charge in [0.05, 0.1) is 6.20 Å². The molecule has 1 aromatic carbocycles. The quantitative estimate of drug-likeness (QED) is 0.386. The summed E-state index contributed by atoms with van der Waals surface area (Å²) < 4.78 is 28.0. The predicted molar refractivity (Wildman–Crippen MR) is 108 cm³/mol. The maximum absolute atomic E-state index is 14.0. The lowest BCUT2D eigenvalue weighted by atomic mass is 10.1. The zero-order valence-electron chi connectivity index (χ0n) is 16.4. The summed E-state index contributed by atoms with van der Waals surface area (Å²) in [6.45, 7) is 6.62. The Bertz CT molecular complexity index is 783. The van der Waals surface area contributed by atoms with Crippen molar-refractivity contribution in [1.82, 2.24) is 20.8 Å². The molecule has 6 nitrogen and oxygen atoms in total. The van der Waals surface area contributed by atoms with Crippen molar-refractivity contribution in [3.63, 3.8) is 0 Å². The number of guanidine groups is 1. The van der Waals surface area contributed by atoms with Crippen molar-refractivity contribution in [2.75, 3.05) is 31.1 Å². The molecule has 0 bridgehead atoms. The Balaban J connectivity index is 1.53. The van der Waals surface area contributed by atoms with E-state index in [2.05, 4.69) is 25.8 Å². The van der Waals surface area contributed by atoms with E-state index >= 15 is 0 Å². The van der Waals surface area contributed by atoms with Crippen molar-refractivity contribution in [1.29, 1.82) is 0 Å². The fraction of sp³-hybridized carbons (Fsp3) is 0.500. The molecule has 3 N–H and O–H groups in total. The fourth-order valence-electron chi connectivity index (χ4n) is 3.47. The van der Waals surface area contributed by atoms with Crippen LogP contribution < -0.4 is 15.5 Å². The monoisotopic (exact) mass is 390 g/mol. The standard InChI is InChI=1S/C20H28F2N6/c1-3-23-20(24-10-5-6-15-12-25-27-14(15)2)26-16-9-11-28(13-16)19-17(21)7-4-8-18(19)22/h4,7-8,12,16H,3,5-6,9-11,13H2,1-2H3,(H,25,27)(H2,23,24,26). The van der Waals surface area contributed by atoms with Crippen LogP contribution in [0.4, 0.5) is 14.5 Å². The molecule has 3 rings (SSSR count). The normalized spacial score (nSPS) is 17.2. The SMILES string of the molecule is CCNC(=NCCCc1cn[nH]c1C)NC1CCN(c2c(F)cccc2F)C1. The number of rotatable bonds is 7. The van der Waals surface area contributed by atoms with E-state index < -0.39 is 11.6 Å². The third-order valence-corrected chi connectivity index (χ3v) is 4.94. The lowest BCUT2D eigenvalue weighted by molar-refractivity contribution is 0.576. The largest absolute Gasteiger partial charge is 0.365 e. The van der Waals surface area contributed by atoms with Gasteiger partial charge in [-0.3, -0.25) is 10.1 Å². The van der Waals surface area contributed by atoms with E-state index in [9.17, 15) is 8.78 Å². The summed E-state index contributed by atoms with van der Waals surface area (Å²) in [4.78, 5) is 6.39. The summed E-state index contributed by atoms with van der Waals surface area (Å²) in [5.74, 6) is -0.293. The Labute approximate surface area is 164 Å². The molecule has 8 heteroatoms. The molecule has 1 aliphatic rings. The van der Waals surface area contributed by atoms with Crippen LogP contribution in [0.25, 0.3) is 0 Å². The summed E-state index contributed by atoms with van der Waals surface area (Å²) >= 11 is 0. The zero-order chi connectivity index (χ0) is 19.9. The molecule has 0 spiro atoms. The average molecular weight is 390 g/mol. The van der Waals surface area contributed by atoms with Crippen LogP contribution in [0.2, 0.25) is 0 Å². The van der Waals surface area contributed by atoms with Crippen molar-refractivity contribution in [3.8, 4) is 0 Å². The summed E-state index contributed by atoms with van der Waals surface area (Å²) in [6.07, 6.45) is 4.51. The number of hydrogen-bond acceptors (Lipinski definition) is 3. The number of aromatic nitrogens is 2. The van der Waals surface area contributed by atoms with Crippen LogP contribution in [0.1, 0.15) is 31.0 Å². The maximum Gasteiger partial charge on any atom is 0.191 e. The number of hydrogen-bond donors (Lipinski definition) is 3. The molecule has 0 amide bonds. The van der Waals surface area contributed by atoms with Gasteiger partial charge in [0, 0.05) is 37.9 Å². The number of aryl methyl sites for hydroxylation is 2. The molecular weight excluding hydrogens is 362 g/mol. The summed E-state index contributed by atoms with van der Waals surface area (Å²) in [7, 11) is 0. The van der Waals surface area contributed by atoms with E-state index in [1.54, 1.807) is 4.90 Å². The predicted octanol–water partition coefficient (Wildman–Crippen LogP) is 2.76. The van der Waals surface area contributed by atoms with Crippen molar-refractivity contribution in [3.05, 3.63) is 47.3 Å². The van der Waals surface area contributed by atoms with Gasteiger partial charge in [-0.15, -0.1) is 0 Å². The molecule has 0 saturated carbocycles. The van der Waals surface area contributed by atoms with Gasteiger partial charge in [-0.2, -0.15) is 5.10 Å². The van der Waals surface area contributed by atoms with E-state index in [0.29, 0.717) is 19.6 Å². The second-order valence-electron chi connectivity index (χ2n) is 7.03. The minimum atomic E-state index is -0.518. The van der Waals surface area contributed by atoms with Gasteiger partial charge in [0.2, 0.25) is 0 Å². The van der Waals surface area contributed by atoms with Gasteiger partial charge in [-0.25, -0.2) is 8.78 Å². The topological polar surface area (TPSA) is 68.3 Å². The van der Waals surface area contributed by atoms with E-state index in [1.807, 2.05) is 20.0 Å². The molecule has 2 heterocycles. The molecule has 1 atom stereocenters. The van der Waals surface area contributed by atoms with Crippen LogP contribution in [-0.4, -0.2) is 48.4 Å². The minimum absolute atomic E-state index is 0.0595. The third kappa shape index (κ3) is 4.99. The molecule has 2 aromatic rings. The average Bonchev–Trinajstić information content (AvgIpc) is 3.28. The number of benzene rings is 1. The number of aliphatic imine (C=N–C) groups is 1. The van der Waals surface area contributed by atoms with Gasteiger partial charge >= 0.3 is 0 Å². The summed E-state index contributed by atoms with van der Waals surface area (Å²) in [5.41, 5.74) is 2.37. The first-order valence-electron chi connectivity index (χ1n) is 9.81. The highest BCUT2D eigenvalue weighted by molar-refractivity contribution is 5.80. The van der Waals surface area contributed by atoms with Gasteiger partial charge in [-0.1, -0.05) is 6.07 Å². The Morgan fingerprint density at radius 3 is 2.82 bits per heavy atom. The van der Waals surface area contributed by atoms with Crippen LogP contribution in [0.5, 0.6) is 0 Å². The number of halogens is 2. The van der Waals surface area contributed by atoms with Crippen molar-refractivity contribution < 1.29 is 8.78 Å². The summed E-state index contributed by atoms with van der Waals surface area (Å²) in [5, 5.41) is 13.6. The highest BCUT2D eigenvalue weighted by Gasteiger charge is 2.27. The smallest absolute Gasteiger partial charge is 0.191 e. The van der Waals surface area contributed by atoms with Crippen molar-refractivity contribution >= 4 is 11.6 Å². The molecule has 1 aromatic heterocycles. The Morgan fingerprint density at radius 2 is 2.14 bits per heavy atom. The molecule has 28 heavy (non-hydrogen) atoms. The van der Waals surface area contributed by atoms with Crippen LogP contribution in [0.15, 0.2) is 29.4 Å². The third-order valence-electron chi connectivity index (χ3n) is 4.94. The molecule has 0 aliphatic carbocycles. The van der Waals surface area contributed by atoms with Crippen LogP contribution in [-0.2, 0) is 6.42 Å². The molecule has 1 fully saturated rings. The molecule has 1 saturated heterocycles. The summed E-state index contributed by atoms with van der Waals surface area (Å²) in [6, 6.07) is 4.08. The number of H-pyrrole nitrogens is 1. The Kier molecular flexibility index (Phi) is 6.84. The van der Waals surface area contributed by atoms with Gasteiger partial charge in [-0.05, 0) is 50.8 Å². The molecule has 152 valence electrons. The molecule has 1 unspecified atom stereocenters. The number of aromatic amines is 1. The van der Waals surface area contributed by atoms with E-state index in [-0.39, 0.29) is 11.7 Å². The number of anilines is 1. The lowest BCUT2D eigenvalue weighted by Gasteiger charge is -2.21. The van der Waals surface area contributed by atoms with Gasteiger partial charge in [0.25, 0.3) is 0 Å². The lowest BCUT2D eigenvalue weighted by Crippen LogP contribution is -2.44. The van der Waals surface area contributed by atoms with E-state index in [1.165, 1.54) is 23.8 Å². The van der Waals surface area contributed by atoms with Gasteiger partial charge in [0.1, 0.15) is 17.3 Å². The first-order valence-corrected chi connectivity index (χ1v) is 9.81. The Morgan fingerprint density at radius 1 is 1.36 bits per heavy atom. The first kappa shape index (κ1) is 20.1. The highest BCUT2D eigenvalue weighted by Crippen LogP contribution is 2.26. The molecular formula is C20H28F2N6. The highest BCUT2D eigenvalue weighted by atomic mass is 19.1. The van der Waals surface area contributed by atoms with E-state index in [0.717, 1.165) is 37.5 Å². The second kappa shape index (κ2) is 9.52. The number of para-hydroxylation sites is 1. The maximum atomic E-state index is 14.0. The second-order valence-corrected chi connectivity index (χ2v) is 7.03. The van der Waals surface area contributed by atoms with Crippen molar-refractivity contribution in [2.45, 2.75) is 39.2 Å². The fourth-order valence-corrected chi connectivity index (χ4v) is 3.47. The number of nitrogens with zero attached hydrogens (tertiary/aromatic N) is 3. The van der Waals surface area contributed by atoms with E-state index in [4.69, 9.17) is 0 Å². The van der Waals surface area contributed by atoms with Crippen LogP contribution in [0, 0.1) is 18.6 Å². The molecule has 0 radical (unpaired) electrons. The van der Waals surface area contributed by atoms with Crippen LogP contribution >= 0.6 is 0 Å². The zero-order valence-corrected chi connectivity index (χ0v) is 16.4. The van der Waals surface area contributed by atoms with Crippen molar-refractivity contribution in [2.24, 2.45) is 4.99 Å².